The molecular formula is C17H18N4O5S. The lowest BCUT2D eigenvalue weighted by Gasteiger charge is -2.07. The van der Waals surface area contributed by atoms with Gasteiger partial charge in [-0.15, -0.1) is 0 Å². The smallest absolute Gasteiger partial charge is 0.350 e. The lowest BCUT2D eigenvalue weighted by molar-refractivity contribution is -0.138. The predicted octanol–water partition coefficient (Wildman–Crippen LogP) is 2.47. The summed E-state index contributed by atoms with van der Waals surface area (Å²) in [5.74, 6) is -0.681. The van der Waals surface area contributed by atoms with Gasteiger partial charge in [0, 0.05) is 17.5 Å². The van der Waals surface area contributed by atoms with Gasteiger partial charge in [-0.05, 0) is 45.0 Å². The summed E-state index contributed by atoms with van der Waals surface area (Å²) >= 11 is 0. The standard InChI is InChI=1S/C17H18N4O5S/c1-4-25-17(22)13(9-18)10-19-14-5-7-15(8-6-14)27(23,24)21-16-11(2)12(3)20-26-16/h5-8,10,19,21H,4H2,1-3H3/b13-10+. The molecule has 1 aromatic carbocycles. The highest BCUT2D eigenvalue weighted by Gasteiger charge is 2.19. The Hall–Kier alpha value is -3.32. The predicted molar refractivity (Wildman–Crippen MR) is 97.2 cm³/mol. The number of rotatable bonds is 7. The molecule has 2 N–H and O–H groups in total. The summed E-state index contributed by atoms with van der Waals surface area (Å²) < 4.78 is 36.9. The van der Waals surface area contributed by atoms with Crippen LogP contribution < -0.4 is 10.0 Å². The molecule has 0 bridgehead atoms. The number of hydrogen-bond donors (Lipinski definition) is 2. The van der Waals surface area contributed by atoms with Gasteiger partial charge in [-0.3, -0.25) is 0 Å². The number of benzene rings is 1. The number of esters is 1. The lowest BCUT2D eigenvalue weighted by atomic mass is 10.3. The van der Waals surface area contributed by atoms with Crippen LogP contribution in [0.4, 0.5) is 11.6 Å². The van der Waals surface area contributed by atoms with Crippen LogP contribution in [0.5, 0.6) is 0 Å². The Labute approximate surface area is 156 Å². The topological polar surface area (TPSA) is 134 Å². The highest BCUT2D eigenvalue weighted by atomic mass is 32.2. The third-order valence-electron chi connectivity index (χ3n) is 3.55. The van der Waals surface area contributed by atoms with Crippen molar-refractivity contribution in [2.45, 2.75) is 25.7 Å². The molecule has 0 fully saturated rings. The summed E-state index contributed by atoms with van der Waals surface area (Å²) in [5, 5.41) is 15.4. The summed E-state index contributed by atoms with van der Waals surface area (Å²) in [6, 6.07) is 7.45. The maximum absolute atomic E-state index is 12.4. The minimum absolute atomic E-state index is 0.0105. The molecular weight excluding hydrogens is 372 g/mol. The van der Waals surface area contributed by atoms with Crippen molar-refractivity contribution in [3.8, 4) is 6.07 Å². The highest BCUT2D eigenvalue weighted by molar-refractivity contribution is 7.92. The summed E-state index contributed by atoms with van der Waals surface area (Å²) in [5.41, 5.74) is 1.47. The van der Waals surface area contributed by atoms with Crippen LogP contribution in [-0.4, -0.2) is 26.2 Å². The SMILES string of the molecule is CCOC(=O)/C(C#N)=C/Nc1ccc(S(=O)(=O)Nc2onc(C)c2C)cc1. The monoisotopic (exact) mass is 390 g/mol. The summed E-state index contributed by atoms with van der Waals surface area (Å²) in [6.07, 6.45) is 1.19. The second-order valence-electron chi connectivity index (χ2n) is 5.39. The van der Waals surface area contributed by atoms with Gasteiger partial charge in [-0.1, -0.05) is 5.16 Å². The maximum atomic E-state index is 12.4. The molecule has 0 aliphatic rings. The van der Waals surface area contributed by atoms with Gasteiger partial charge in [0.1, 0.15) is 6.07 Å². The van der Waals surface area contributed by atoms with E-state index in [2.05, 4.69) is 15.2 Å². The molecule has 2 aromatic rings. The van der Waals surface area contributed by atoms with E-state index in [0.717, 1.165) is 0 Å². The highest BCUT2D eigenvalue weighted by Crippen LogP contribution is 2.22. The number of anilines is 2. The Morgan fingerprint density at radius 3 is 2.52 bits per heavy atom. The molecule has 0 atom stereocenters. The number of carbonyl (C=O) groups excluding carboxylic acids is 1. The molecule has 10 heteroatoms. The van der Waals surface area contributed by atoms with E-state index in [1.165, 1.54) is 30.5 Å². The molecule has 0 aliphatic carbocycles. The number of ether oxygens (including phenoxy) is 1. The number of carbonyl (C=O) groups is 1. The second-order valence-corrected chi connectivity index (χ2v) is 7.07. The molecule has 27 heavy (non-hydrogen) atoms. The number of sulfonamides is 1. The van der Waals surface area contributed by atoms with Crippen molar-refractivity contribution in [1.82, 2.24) is 5.16 Å². The minimum atomic E-state index is -3.85. The van der Waals surface area contributed by atoms with E-state index in [9.17, 15) is 13.2 Å². The van der Waals surface area contributed by atoms with Crippen LogP contribution in [0, 0.1) is 25.2 Å². The third-order valence-corrected chi connectivity index (χ3v) is 4.89. The molecule has 0 aliphatic heterocycles. The fourth-order valence-electron chi connectivity index (χ4n) is 1.92. The average Bonchev–Trinajstić information content (AvgIpc) is 2.94. The van der Waals surface area contributed by atoms with E-state index in [4.69, 9.17) is 14.5 Å². The van der Waals surface area contributed by atoms with Crippen LogP contribution in [-0.2, 0) is 19.6 Å². The first-order valence-corrected chi connectivity index (χ1v) is 9.36. The summed E-state index contributed by atoms with van der Waals surface area (Å²) in [4.78, 5) is 11.5. The lowest BCUT2D eigenvalue weighted by Crippen LogP contribution is -2.13. The van der Waals surface area contributed by atoms with Crippen LogP contribution >= 0.6 is 0 Å². The van der Waals surface area contributed by atoms with Crippen molar-refractivity contribution in [1.29, 1.82) is 5.26 Å². The first-order valence-electron chi connectivity index (χ1n) is 7.88. The number of nitriles is 1. The molecule has 9 nitrogen and oxygen atoms in total. The van der Waals surface area contributed by atoms with E-state index in [0.29, 0.717) is 16.9 Å². The van der Waals surface area contributed by atoms with Crippen molar-refractivity contribution >= 4 is 27.6 Å². The molecule has 1 aromatic heterocycles. The Bertz CT molecular complexity index is 1000. The van der Waals surface area contributed by atoms with Gasteiger partial charge in [0.25, 0.3) is 10.0 Å². The summed E-state index contributed by atoms with van der Waals surface area (Å²) in [6.45, 7) is 5.19. The zero-order valence-corrected chi connectivity index (χ0v) is 15.8. The first kappa shape index (κ1) is 20.0. The van der Waals surface area contributed by atoms with Crippen molar-refractivity contribution in [2.24, 2.45) is 0 Å². The molecule has 0 amide bonds. The van der Waals surface area contributed by atoms with E-state index in [-0.39, 0.29) is 23.0 Å². The molecule has 0 radical (unpaired) electrons. The van der Waals surface area contributed by atoms with E-state index < -0.39 is 16.0 Å². The zero-order chi connectivity index (χ0) is 20.0. The molecule has 0 unspecified atom stereocenters. The molecule has 142 valence electrons. The van der Waals surface area contributed by atoms with Gasteiger partial charge >= 0.3 is 5.97 Å². The number of hydrogen-bond acceptors (Lipinski definition) is 8. The van der Waals surface area contributed by atoms with Gasteiger partial charge in [0.05, 0.1) is 17.2 Å². The normalized spacial score (nSPS) is 11.6. The number of aromatic nitrogens is 1. The molecule has 0 saturated carbocycles. The Morgan fingerprint density at radius 1 is 1.33 bits per heavy atom. The number of aryl methyl sites for hydroxylation is 1. The number of nitrogens with zero attached hydrogens (tertiary/aromatic N) is 2. The Morgan fingerprint density at radius 2 is 2.00 bits per heavy atom. The summed E-state index contributed by atoms with van der Waals surface area (Å²) in [7, 11) is -3.85. The van der Waals surface area contributed by atoms with Crippen LogP contribution in [0.2, 0.25) is 0 Å². The quantitative estimate of drug-likeness (QED) is 0.418. The fourth-order valence-corrected chi connectivity index (χ4v) is 2.97. The Kier molecular flexibility index (Phi) is 6.20. The van der Waals surface area contributed by atoms with E-state index in [1.54, 1.807) is 26.8 Å². The van der Waals surface area contributed by atoms with Crippen LogP contribution in [0.1, 0.15) is 18.2 Å². The average molecular weight is 390 g/mol. The zero-order valence-electron chi connectivity index (χ0n) is 14.9. The first-order chi connectivity index (χ1) is 12.8. The fraction of sp³-hybridized carbons (Fsp3) is 0.235. The van der Waals surface area contributed by atoms with Crippen molar-refractivity contribution < 1.29 is 22.5 Å². The van der Waals surface area contributed by atoms with Crippen LogP contribution in [0.25, 0.3) is 0 Å². The number of nitrogens with one attached hydrogen (secondary N) is 2. The van der Waals surface area contributed by atoms with Gasteiger partial charge in [0.15, 0.2) is 5.57 Å². The van der Waals surface area contributed by atoms with Gasteiger partial charge < -0.3 is 14.6 Å². The van der Waals surface area contributed by atoms with Crippen molar-refractivity contribution in [3.05, 3.63) is 47.3 Å². The van der Waals surface area contributed by atoms with E-state index >= 15 is 0 Å². The molecule has 0 saturated heterocycles. The van der Waals surface area contributed by atoms with Gasteiger partial charge in [0.2, 0.25) is 5.88 Å². The van der Waals surface area contributed by atoms with Crippen molar-refractivity contribution in [3.63, 3.8) is 0 Å². The van der Waals surface area contributed by atoms with E-state index in [1.807, 2.05) is 0 Å². The minimum Gasteiger partial charge on any atom is -0.462 e. The second kappa shape index (κ2) is 8.37. The van der Waals surface area contributed by atoms with Crippen molar-refractivity contribution in [2.75, 3.05) is 16.6 Å². The maximum Gasteiger partial charge on any atom is 0.350 e. The van der Waals surface area contributed by atoms with Gasteiger partial charge in [-0.2, -0.15) is 5.26 Å². The van der Waals surface area contributed by atoms with Gasteiger partial charge in [-0.25, -0.2) is 17.9 Å². The molecule has 0 spiro atoms. The van der Waals surface area contributed by atoms with Crippen LogP contribution in [0.15, 0.2) is 45.5 Å². The van der Waals surface area contributed by atoms with Crippen LogP contribution in [0.3, 0.4) is 0 Å². The molecule has 2 rings (SSSR count). The largest absolute Gasteiger partial charge is 0.462 e. The Balaban J connectivity index is 2.13. The molecule has 1 heterocycles. The third kappa shape index (κ3) is 4.86.